The van der Waals surface area contributed by atoms with Gasteiger partial charge in [-0.15, -0.1) is 0 Å². The highest BCUT2D eigenvalue weighted by Crippen LogP contribution is 2.15. The van der Waals surface area contributed by atoms with E-state index in [1.165, 1.54) is 5.70 Å². The first-order valence-corrected chi connectivity index (χ1v) is 4.97. The number of dihydropyridines is 1. The predicted octanol–water partition coefficient (Wildman–Crippen LogP) is 0.410. The minimum Gasteiger partial charge on any atom is -0.387 e. The van der Waals surface area contributed by atoms with E-state index in [-0.39, 0.29) is 0 Å². The SMILES string of the molecule is NC1CCN(C2=CCNC=C2)CC1. The number of nitrogens with zero attached hydrogens (tertiary/aromatic N) is 1. The van der Waals surface area contributed by atoms with Crippen molar-refractivity contribution in [3.8, 4) is 0 Å². The van der Waals surface area contributed by atoms with Gasteiger partial charge in [0.1, 0.15) is 0 Å². The van der Waals surface area contributed by atoms with Crippen LogP contribution in [0.3, 0.4) is 0 Å². The van der Waals surface area contributed by atoms with Gasteiger partial charge in [-0.1, -0.05) is 0 Å². The summed E-state index contributed by atoms with van der Waals surface area (Å²) in [6.07, 6.45) is 8.64. The number of piperidine rings is 1. The Labute approximate surface area is 79.3 Å². The topological polar surface area (TPSA) is 41.3 Å². The molecule has 0 amide bonds. The second kappa shape index (κ2) is 3.83. The van der Waals surface area contributed by atoms with Crippen LogP contribution in [0.2, 0.25) is 0 Å². The second-order valence-corrected chi connectivity index (χ2v) is 3.70. The summed E-state index contributed by atoms with van der Waals surface area (Å²) in [6, 6.07) is 0.419. The van der Waals surface area contributed by atoms with Crippen molar-refractivity contribution in [3.05, 3.63) is 24.0 Å². The fourth-order valence-electron chi connectivity index (χ4n) is 1.84. The molecular formula is C10H17N3. The molecule has 0 unspecified atom stereocenters. The van der Waals surface area contributed by atoms with Gasteiger partial charge in [-0.2, -0.15) is 0 Å². The molecule has 3 heteroatoms. The Morgan fingerprint density at radius 2 is 2.15 bits per heavy atom. The lowest BCUT2D eigenvalue weighted by atomic mass is 10.1. The van der Waals surface area contributed by atoms with E-state index in [1.54, 1.807) is 0 Å². The average molecular weight is 179 g/mol. The van der Waals surface area contributed by atoms with Crippen molar-refractivity contribution < 1.29 is 0 Å². The Morgan fingerprint density at radius 1 is 1.38 bits per heavy atom. The summed E-state index contributed by atoms with van der Waals surface area (Å²) in [6.45, 7) is 3.17. The van der Waals surface area contributed by atoms with Crippen LogP contribution in [0.5, 0.6) is 0 Å². The zero-order chi connectivity index (χ0) is 9.10. The molecule has 2 rings (SSSR count). The molecule has 2 aliphatic heterocycles. The third kappa shape index (κ3) is 2.04. The van der Waals surface area contributed by atoms with Gasteiger partial charge in [0, 0.05) is 31.4 Å². The van der Waals surface area contributed by atoms with Crippen molar-refractivity contribution in [2.45, 2.75) is 18.9 Å². The molecule has 0 aromatic heterocycles. The summed E-state index contributed by atoms with van der Waals surface area (Å²) in [7, 11) is 0. The van der Waals surface area contributed by atoms with Gasteiger partial charge < -0.3 is 16.0 Å². The molecule has 0 aromatic carbocycles. The average Bonchev–Trinajstić information content (AvgIpc) is 2.20. The van der Waals surface area contributed by atoms with E-state index in [1.807, 2.05) is 6.20 Å². The van der Waals surface area contributed by atoms with Crippen LogP contribution in [0.25, 0.3) is 0 Å². The molecule has 2 heterocycles. The molecule has 1 saturated heterocycles. The van der Waals surface area contributed by atoms with Crippen molar-refractivity contribution >= 4 is 0 Å². The van der Waals surface area contributed by atoms with Gasteiger partial charge >= 0.3 is 0 Å². The van der Waals surface area contributed by atoms with E-state index in [2.05, 4.69) is 22.4 Å². The summed E-state index contributed by atoms with van der Waals surface area (Å²) >= 11 is 0. The Hall–Kier alpha value is -0.960. The number of allylic oxidation sites excluding steroid dienone is 1. The maximum absolute atomic E-state index is 5.85. The highest BCUT2D eigenvalue weighted by Gasteiger charge is 2.16. The third-order valence-corrected chi connectivity index (χ3v) is 2.71. The minimum absolute atomic E-state index is 0.419. The molecule has 0 radical (unpaired) electrons. The summed E-state index contributed by atoms with van der Waals surface area (Å²) in [5.41, 5.74) is 7.20. The number of nitrogens with two attached hydrogens (primary N) is 1. The minimum atomic E-state index is 0.419. The lowest BCUT2D eigenvalue weighted by molar-refractivity contribution is 0.269. The van der Waals surface area contributed by atoms with Crippen LogP contribution < -0.4 is 11.1 Å². The molecule has 0 saturated carbocycles. The number of hydrogen-bond acceptors (Lipinski definition) is 3. The summed E-state index contributed by atoms with van der Waals surface area (Å²) in [5.74, 6) is 0. The molecule has 3 N–H and O–H groups in total. The van der Waals surface area contributed by atoms with Crippen LogP contribution in [0, 0.1) is 0 Å². The molecule has 1 fully saturated rings. The molecule has 2 aliphatic rings. The molecule has 13 heavy (non-hydrogen) atoms. The Balaban J connectivity index is 1.94. The van der Waals surface area contributed by atoms with Gasteiger partial charge in [0.25, 0.3) is 0 Å². The van der Waals surface area contributed by atoms with E-state index in [0.29, 0.717) is 6.04 Å². The van der Waals surface area contributed by atoms with Crippen LogP contribution in [0.4, 0.5) is 0 Å². The summed E-state index contributed by atoms with van der Waals surface area (Å²) in [4.78, 5) is 2.42. The highest BCUT2D eigenvalue weighted by molar-refractivity contribution is 5.21. The van der Waals surface area contributed by atoms with Crippen LogP contribution >= 0.6 is 0 Å². The molecule has 3 nitrogen and oxygen atoms in total. The molecule has 72 valence electrons. The van der Waals surface area contributed by atoms with E-state index < -0.39 is 0 Å². The van der Waals surface area contributed by atoms with Gasteiger partial charge in [-0.05, 0) is 31.2 Å². The van der Waals surface area contributed by atoms with Crippen LogP contribution in [0.1, 0.15) is 12.8 Å². The lowest BCUT2D eigenvalue weighted by Crippen LogP contribution is -2.39. The Bertz CT molecular complexity index is 224. The Morgan fingerprint density at radius 3 is 2.77 bits per heavy atom. The van der Waals surface area contributed by atoms with Gasteiger partial charge in [-0.25, -0.2) is 0 Å². The van der Waals surface area contributed by atoms with Crippen molar-refractivity contribution in [2.75, 3.05) is 19.6 Å². The van der Waals surface area contributed by atoms with E-state index >= 15 is 0 Å². The van der Waals surface area contributed by atoms with Crippen LogP contribution in [0.15, 0.2) is 24.0 Å². The fourth-order valence-corrected chi connectivity index (χ4v) is 1.84. The zero-order valence-electron chi connectivity index (χ0n) is 7.87. The number of rotatable bonds is 1. The number of hydrogen-bond donors (Lipinski definition) is 2. The molecule has 0 atom stereocenters. The summed E-state index contributed by atoms with van der Waals surface area (Å²) < 4.78 is 0. The maximum Gasteiger partial charge on any atom is 0.0357 e. The quantitative estimate of drug-likeness (QED) is 0.612. The van der Waals surface area contributed by atoms with Crippen molar-refractivity contribution in [2.24, 2.45) is 5.73 Å². The summed E-state index contributed by atoms with van der Waals surface area (Å²) in [5, 5.41) is 3.15. The first kappa shape index (κ1) is 8.63. The van der Waals surface area contributed by atoms with Gasteiger partial charge in [0.05, 0.1) is 0 Å². The molecule has 0 aromatic rings. The smallest absolute Gasteiger partial charge is 0.0357 e. The number of nitrogens with one attached hydrogen (secondary N) is 1. The largest absolute Gasteiger partial charge is 0.387 e. The van der Waals surface area contributed by atoms with Crippen LogP contribution in [-0.4, -0.2) is 30.6 Å². The highest BCUT2D eigenvalue weighted by atomic mass is 15.1. The lowest BCUT2D eigenvalue weighted by Gasteiger charge is -2.33. The molecule has 0 spiro atoms. The molecule has 0 aliphatic carbocycles. The van der Waals surface area contributed by atoms with E-state index in [9.17, 15) is 0 Å². The fraction of sp³-hybridized carbons (Fsp3) is 0.600. The molecule has 0 bridgehead atoms. The Kier molecular flexibility index (Phi) is 2.54. The monoisotopic (exact) mass is 179 g/mol. The first-order valence-electron chi connectivity index (χ1n) is 4.97. The molecular weight excluding hydrogens is 162 g/mol. The standard InChI is InChI=1S/C10H17N3/c11-9-3-7-13(8-4-9)10-1-5-12-6-2-10/h1-2,5,9,12H,3-4,6-8,11H2. The van der Waals surface area contributed by atoms with Gasteiger partial charge in [0.2, 0.25) is 0 Å². The maximum atomic E-state index is 5.85. The third-order valence-electron chi connectivity index (χ3n) is 2.71. The zero-order valence-corrected chi connectivity index (χ0v) is 7.87. The van der Waals surface area contributed by atoms with Crippen molar-refractivity contribution in [1.29, 1.82) is 0 Å². The normalized spacial score (nSPS) is 24.1. The second-order valence-electron chi connectivity index (χ2n) is 3.70. The van der Waals surface area contributed by atoms with Crippen molar-refractivity contribution in [1.82, 2.24) is 10.2 Å². The first-order chi connectivity index (χ1) is 6.36. The van der Waals surface area contributed by atoms with E-state index in [0.717, 1.165) is 32.5 Å². The number of likely N-dealkylation sites (tertiary alicyclic amines) is 1. The van der Waals surface area contributed by atoms with E-state index in [4.69, 9.17) is 5.73 Å². The van der Waals surface area contributed by atoms with Gasteiger partial charge in [-0.3, -0.25) is 0 Å². The van der Waals surface area contributed by atoms with Crippen LogP contribution in [-0.2, 0) is 0 Å². The van der Waals surface area contributed by atoms with Gasteiger partial charge in [0.15, 0.2) is 0 Å². The van der Waals surface area contributed by atoms with Crippen molar-refractivity contribution in [3.63, 3.8) is 0 Å². The predicted molar refractivity (Wildman–Crippen MR) is 54.0 cm³/mol.